The number of ether oxygens (including phenoxy) is 1. The van der Waals surface area contributed by atoms with Gasteiger partial charge in [0.05, 0.1) is 12.2 Å². The fourth-order valence-electron chi connectivity index (χ4n) is 0.932. The molecule has 0 spiro atoms. The van der Waals surface area contributed by atoms with Gasteiger partial charge in [0.1, 0.15) is 0 Å². The van der Waals surface area contributed by atoms with Gasteiger partial charge in [0.25, 0.3) is 0 Å². The van der Waals surface area contributed by atoms with Crippen molar-refractivity contribution in [1.29, 1.82) is 5.41 Å². The van der Waals surface area contributed by atoms with E-state index in [9.17, 15) is 18.0 Å². The number of halogens is 3. The molecule has 1 N–H and O–H groups in total. The van der Waals surface area contributed by atoms with E-state index in [1.165, 1.54) is 6.92 Å². The molecule has 3 nitrogen and oxygen atoms in total. The number of nitrogens with one attached hydrogen (secondary N) is 1. The highest BCUT2D eigenvalue weighted by molar-refractivity contribution is 6.18. The van der Waals surface area contributed by atoms with Crippen molar-refractivity contribution in [2.75, 3.05) is 6.61 Å². The lowest BCUT2D eigenvalue weighted by atomic mass is 10.1. The van der Waals surface area contributed by atoms with Gasteiger partial charge in [-0.05, 0) is 20.8 Å². The Morgan fingerprint density at radius 2 is 1.80 bits per heavy atom. The van der Waals surface area contributed by atoms with Crippen LogP contribution in [0.4, 0.5) is 13.2 Å². The number of rotatable bonds is 3. The summed E-state index contributed by atoms with van der Waals surface area (Å²) in [6.45, 7) is 3.32. The normalized spacial score (nSPS) is 13.2. The third-order valence-electron chi connectivity index (χ3n) is 1.65. The maximum Gasteiger partial charge on any atom is 0.413 e. The lowest BCUT2D eigenvalue weighted by molar-refractivity contribution is -0.139. The topological polar surface area (TPSA) is 50.2 Å². The van der Waals surface area contributed by atoms with Crippen molar-refractivity contribution in [1.82, 2.24) is 0 Å². The van der Waals surface area contributed by atoms with Crippen molar-refractivity contribution >= 4 is 11.7 Å². The van der Waals surface area contributed by atoms with Gasteiger partial charge in [0, 0.05) is 11.3 Å². The molecule has 6 heteroatoms. The van der Waals surface area contributed by atoms with Crippen LogP contribution in [-0.2, 0) is 9.53 Å². The van der Waals surface area contributed by atoms with E-state index in [4.69, 9.17) is 5.41 Å². The van der Waals surface area contributed by atoms with Crippen LogP contribution in [0.3, 0.4) is 0 Å². The first-order valence-electron chi connectivity index (χ1n) is 4.22. The van der Waals surface area contributed by atoms with Crippen LogP contribution in [0.15, 0.2) is 11.1 Å². The lowest BCUT2D eigenvalue weighted by Crippen LogP contribution is -2.21. The van der Waals surface area contributed by atoms with Crippen LogP contribution in [0.1, 0.15) is 20.8 Å². The molecule has 0 rings (SSSR count). The van der Waals surface area contributed by atoms with Crippen molar-refractivity contribution in [3.05, 3.63) is 11.1 Å². The Kier molecular flexibility index (Phi) is 4.51. The maximum atomic E-state index is 12.3. The Morgan fingerprint density at radius 1 is 1.33 bits per heavy atom. The molecule has 0 aliphatic carbocycles. The van der Waals surface area contributed by atoms with Crippen molar-refractivity contribution in [3.8, 4) is 0 Å². The van der Waals surface area contributed by atoms with Gasteiger partial charge in [-0.25, -0.2) is 4.79 Å². The average molecular weight is 223 g/mol. The molecule has 0 saturated heterocycles. The minimum Gasteiger partial charge on any atom is -0.462 e. The van der Waals surface area contributed by atoms with E-state index in [1.54, 1.807) is 0 Å². The molecule has 0 saturated carbocycles. The lowest BCUT2D eigenvalue weighted by Gasteiger charge is -2.12. The summed E-state index contributed by atoms with van der Waals surface area (Å²) in [5.41, 5.74) is -2.28. The zero-order valence-corrected chi connectivity index (χ0v) is 8.66. The summed E-state index contributed by atoms with van der Waals surface area (Å²) < 4.78 is 41.3. The fraction of sp³-hybridized carbons (Fsp3) is 0.556. The van der Waals surface area contributed by atoms with Gasteiger partial charge in [-0.2, -0.15) is 13.2 Å². The Bertz CT molecular complexity index is 305. The number of hydrogen-bond acceptors (Lipinski definition) is 3. The van der Waals surface area contributed by atoms with Crippen molar-refractivity contribution < 1.29 is 22.7 Å². The van der Waals surface area contributed by atoms with Crippen LogP contribution >= 0.6 is 0 Å². The molecule has 0 aliphatic rings. The number of esters is 1. The summed E-state index contributed by atoms with van der Waals surface area (Å²) in [4.78, 5) is 11.2. The van der Waals surface area contributed by atoms with Crippen LogP contribution in [0.2, 0.25) is 0 Å². The summed E-state index contributed by atoms with van der Waals surface area (Å²) in [5.74, 6) is -1.11. The Morgan fingerprint density at radius 3 is 2.07 bits per heavy atom. The van der Waals surface area contributed by atoms with Gasteiger partial charge in [-0.15, -0.1) is 0 Å². The van der Waals surface area contributed by atoms with E-state index in [-0.39, 0.29) is 6.61 Å². The molecule has 0 fully saturated rings. The Labute approximate surface area is 85.4 Å². The zero-order chi connectivity index (χ0) is 12.2. The second-order valence-electron chi connectivity index (χ2n) is 2.84. The summed E-state index contributed by atoms with van der Waals surface area (Å²) >= 11 is 0. The summed E-state index contributed by atoms with van der Waals surface area (Å²) in [6, 6.07) is 0. The molecule has 0 amide bonds. The zero-order valence-electron chi connectivity index (χ0n) is 8.66. The number of allylic oxidation sites excluding steroid dienone is 1. The monoisotopic (exact) mass is 223 g/mol. The van der Waals surface area contributed by atoms with E-state index in [0.29, 0.717) is 0 Å². The Balaban J connectivity index is 5.31. The van der Waals surface area contributed by atoms with Crippen molar-refractivity contribution in [3.63, 3.8) is 0 Å². The van der Waals surface area contributed by atoms with Crippen molar-refractivity contribution in [2.45, 2.75) is 26.9 Å². The molecule has 0 heterocycles. The van der Waals surface area contributed by atoms with Gasteiger partial charge >= 0.3 is 12.1 Å². The number of carbonyl (C=O) groups excluding carboxylic acids is 1. The summed E-state index contributed by atoms with van der Waals surface area (Å²) in [7, 11) is 0. The maximum absolute atomic E-state index is 12.3. The molecule has 0 aromatic rings. The van der Waals surface area contributed by atoms with Crippen LogP contribution in [0.25, 0.3) is 0 Å². The molecule has 0 aliphatic heterocycles. The SMILES string of the molecule is CCOC(=O)/C(C(C)=N)=C(/C)C(F)(F)F. The van der Waals surface area contributed by atoms with E-state index in [1.807, 2.05) is 0 Å². The Hall–Kier alpha value is -1.33. The summed E-state index contributed by atoms with van der Waals surface area (Å²) in [5, 5.41) is 7.11. The highest BCUT2D eigenvalue weighted by Crippen LogP contribution is 2.28. The highest BCUT2D eigenvalue weighted by atomic mass is 19.4. The molecule has 86 valence electrons. The van der Waals surface area contributed by atoms with E-state index in [2.05, 4.69) is 4.74 Å². The molecule has 0 radical (unpaired) electrons. The largest absolute Gasteiger partial charge is 0.462 e. The average Bonchev–Trinajstić information content (AvgIpc) is 2.02. The standard InChI is InChI=1S/C9H12F3NO2/c1-4-15-8(14)7(6(3)13)5(2)9(10,11)12/h13H,4H2,1-3H3/b7-5-,13-6?. The highest BCUT2D eigenvalue weighted by Gasteiger charge is 2.35. The van der Waals surface area contributed by atoms with Gasteiger partial charge in [-0.3, -0.25) is 0 Å². The number of alkyl halides is 3. The molecule has 0 unspecified atom stereocenters. The van der Waals surface area contributed by atoms with Crippen LogP contribution < -0.4 is 0 Å². The van der Waals surface area contributed by atoms with Crippen molar-refractivity contribution in [2.24, 2.45) is 0 Å². The molecule has 0 bridgehead atoms. The fourth-order valence-corrected chi connectivity index (χ4v) is 0.932. The van der Waals surface area contributed by atoms with Crippen LogP contribution in [0.5, 0.6) is 0 Å². The van der Waals surface area contributed by atoms with Gasteiger partial charge in [-0.1, -0.05) is 0 Å². The molecule has 0 atom stereocenters. The quantitative estimate of drug-likeness (QED) is 0.454. The second-order valence-corrected chi connectivity index (χ2v) is 2.84. The van der Waals surface area contributed by atoms with E-state index >= 15 is 0 Å². The van der Waals surface area contributed by atoms with Gasteiger partial charge in [0.15, 0.2) is 0 Å². The van der Waals surface area contributed by atoms with Gasteiger partial charge < -0.3 is 10.1 Å². The smallest absolute Gasteiger partial charge is 0.413 e. The predicted molar refractivity (Wildman–Crippen MR) is 48.8 cm³/mol. The van der Waals surface area contributed by atoms with Crippen LogP contribution in [0, 0.1) is 5.41 Å². The number of carbonyl (C=O) groups is 1. The van der Waals surface area contributed by atoms with E-state index < -0.39 is 29.0 Å². The minimum absolute atomic E-state index is 0.0270. The third kappa shape index (κ3) is 3.73. The van der Waals surface area contributed by atoms with Gasteiger partial charge in [0.2, 0.25) is 0 Å². The molecular weight excluding hydrogens is 211 g/mol. The minimum atomic E-state index is -4.62. The molecule has 0 aromatic heterocycles. The first-order valence-corrected chi connectivity index (χ1v) is 4.22. The van der Waals surface area contributed by atoms with E-state index in [0.717, 1.165) is 13.8 Å². The second kappa shape index (κ2) is 4.95. The molecule has 15 heavy (non-hydrogen) atoms. The molecule has 0 aromatic carbocycles. The first kappa shape index (κ1) is 13.7. The third-order valence-corrected chi connectivity index (χ3v) is 1.65. The predicted octanol–water partition coefficient (Wildman–Crippen LogP) is 2.47. The first-order chi connectivity index (χ1) is 6.71. The number of hydrogen-bond donors (Lipinski definition) is 1. The molecular formula is C9H12F3NO2. The van der Waals surface area contributed by atoms with Crippen LogP contribution in [-0.4, -0.2) is 24.5 Å². The summed E-state index contributed by atoms with van der Waals surface area (Å²) in [6.07, 6.45) is -4.62.